The first-order valence-corrected chi connectivity index (χ1v) is 6.62. The van der Waals surface area contributed by atoms with E-state index in [1.165, 1.54) is 13.0 Å². The number of ether oxygens (including phenoxy) is 2. The first-order valence-electron chi connectivity index (χ1n) is 6.62. The second-order valence-corrected chi connectivity index (χ2v) is 4.86. The van der Waals surface area contributed by atoms with Crippen molar-refractivity contribution < 1.29 is 29.6 Å². The molecule has 1 heterocycles. The highest BCUT2D eigenvalue weighted by molar-refractivity contribution is 5.87. The molecule has 0 aliphatic carbocycles. The highest BCUT2D eigenvalue weighted by Gasteiger charge is 2.43. The van der Waals surface area contributed by atoms with E-state index in [0.29, 0.717) is 0 Å². The summed E-state index contributed by atoms with van der Waals surface area (Å²) in [5, 5.41) is 28.9. The third-order valence-corrected chi connectivity index (χ3v) is 3.25. The van der Waals surface area contributed by atoms with Crippen molar-refractivity contribution in [3.8, 4) is 0 Å². The van der Waals surface area contributed by atoms with Crippen LogP contribution in [0, 0.1) is 0 Å². The molecule has 1 aromatic rings. The molecule has 1 unspecified atom stereocenters. The molecule has 1 saturated heterocycles. The molecular formula is C15H18O6. The van der Waals surface area contributed by atoms with Crippen LogP contribution in [0.15, 0.2) is 36.4 Å². The largest absolute Gasteiger partial charge is 0.430 e. The maximum atomic E-state index is 11.7. The molecule has 5 atom stereocenters. The Hall–Kier alpha value is -1.73. The van der Waals surface area contributed by atoms with Crippen molar-refractivity contribution in [3.05, 3.63) is 42.0 Å². The number of esters is 1. The molecule has 1 fully saturated rings. The number of carbonyl (C=O) groups excluding carboxylic acids is 1. The Kier molecular flexibility index (Phi) is 5.08. The van der Waals surface area contributed by atoms with Crippen molar-refractivity contribution in [1.29, 1.82) is 0 Å². The summed E-state index contributed by atoms with van der Waals surface area (Å²) in [5.41, 5.74) is 0.823. The zero-order chi connectivity index (χ0) is 15.4. The summed E-state index contributed by atoms with van der Waals surface area (Å²) in [4.78, 5) is 11.7. The Labute approximate surface area is 122 Å². The van der Waals surface area contributed by atoms with Crippen LogP contribution in [0.5, 0.6) is 0 Å². The van der Waals surface area contributed by atoms with E-state index in [4.69, 9.17) is 9.47 Å². The molecule has 6 heteroatoms. The highest BCUT2D eigenvalue weighted by Crippen LogP contribution is 2.21. The minimum atomic E-state index is -1.50. The molecule has 1 aliphatic rings. The van der Waals surface area contributed by atoms with Crippen molar-refractivity contribution >= 4 is 12.0 Å². The van der Waals surface area contributed by atoms with Gasteiger partial charge in [0.15, 0.2) is 0 Å². The van der Waals surface area contributed by atoms with E-state index in [9.17, 15) is 20.1 Å². The second-order valence-electron chi connectivity index (χ2n) is 4.86. The van der Waals surface area contributed by atoms with E-state index in [-0.39, 0.29) is 0 Å². The summed E-state index contributed by atoms with van der Waals surface area (Å²) in [6.45, 7) is 1.51. The Morgan fingerprint density at radius 1 is 1.14 bits per heavy atom. The zero-order valence-corrected chi connectivity index (χ0v) is 11.5. The van der Waals surface area contributed by atoms with Gasteiger partial charge in [0.2, 0.25) is 6.29 Å². The highest BCUT2D eigenvalue weighted by atomic mass is 16.7. The number of aliphatic hydroxyl groups excluding tert-OH is 3. The van der Waals surface area contributed by atoms with Crippen molar-refractivity contribution in [2.75, 3.05) is 0 Å². The summed E-state index contributed by atoms with van der Waals surface area (Å²) in [5.74, 6) is -0.710. The fourth-order valence-electron chi connectivity index (χ4n) is 1.99. The standard InChI is InChI=1S/C15H18O6/c1-9-12(17)13(18)14(19)15(20-9)21-11(16)8-7-10-5-3-2-4-6-10/h2-9,12-15,17-19H,1H3/t9-,12-,13+,14+,15?/m0/s1. The van der Waals surface area contributed by atoms with Gasteiger partial charge in [0, 0.05) is 6.08 Å². The van der Waals surface area contributed by atoms with Gasteiger partial charge in [0.1, 0.15) is 18.3 Å². The molecule has 0 amide bonds. The molecule has 21 heavy (non-hydrogen) atoms. The molecule has 0 saturated carbocycles. The molecule has 0 bridgehead atoms. The van der Waals surface area contributed by atoms with E-state index in [1.54, 1.807) is 6.08 Å². The fourth-order valence-corrected chi connectivity index (χ4v) is 1.99. The predicted octanol–water partition coefficient (Wildman–Crippen LogP) is 0.0705. The molecule has 3 N–H and O–H groups in total. The van der Waals surface area contributed by atoms with Crippen LogP contribution < -0.4 is 0 Å². The van der Waals surface area contributed by atoms with Crippen molar-refractivity contribution in [2.24, 2.45) is 0 Å². The first-order chi connectivity index (χ1) is 9.99. The Morgan fingerprint density at radius 3 is 2.48 bits per heavy atom. The summed E-state index contributed by atoms with van der Waals surface area (Å²) in [6.07, 6.45) is -3.45. The normalized spacial score (nSPS) is 33.0. The second kappa shape index (κ2) is 6.82. The number of aliphatic hydroxyl groups is 3. The van der Waals surface area contributed by atoms with Gasteiger partial charge in [0.05, 0.1) is 6.10 Å². The van der Waals surface area contributed by atoms with Gasteiger partial charge in [-0.25, -0.2) is 4.79 Å². The molecule has 0 aromatic heterocycles. The van der Waals surface area contributed by atoms with Gasteiger partial charge in [0.25, 0.3) is 0 Å². The average Bonchev–Trinajstić information content (AvgIpc) is 2.49. The number of hydrogen-bond acceptors (Lipinski definition) is 6. The average molecular weight is 294 g/mol. The Morgan fingerprint density at radius 2 is 1.81 bits per heavy atom. The van der Waals surface area contributed by atoms with Crippen molar-refractivity contribution in [1.82, 2.24) is 0 Å². The summed E-state index contributed by atoms with van der Waals surface area (Å²) in [6, 6.07) is 9.16. The lowest BCUT2D eigenvalue weighted by atomic mass is 10.0. The number of rotatable bonds is 3. The van der Waals surface area contributed by atoms with Crippen LogP contribution in [-0.2, 0) is 14.3 Å². The molecule has 2 rings (SSSR count). The summed E-state index contributed by atoms with van der Waals surface area (Å²) in [7, 11) is 0. The van der Waals surface area contributed by atoms with Crippen LogP contribution in [0.2, 0.25) is 0 Å². The lowest BCUT2D eigenvalue weighted by Gasteiger charge is -2.38. The van der Waals surface area contributed by atoms with Crippen molar-refractivity contribution in [3.63, 3.8) is 0 Å². The van der Waals surface area contributed by atoms with E-state index in [2.05, 4.69) is 0 Å². The van der Waals surface area contributed by atoms with E-state index < -0.39 is 36.7 Å². The predicted molar refractivity (Wildman–Crippen MR) is 73.9 cm³/mol. The van der Waals surface area contributed by atoms with E-state index in [0.717, 1.165) is 5.56 Å². The Bertz CT molecular complexity index is 500. The molecule has 0 spiro atoms. The van der Waals surface area contributed by atoms with E-state index >= 15 is 0 Å². The number of hydrogen-bond donors (Lipinski definition) is 3. The van der Waals surface area contributed by atoms with Crippen LogP contribution >= 0.6 is 0 Å². The summed E-state index contributed by atoms with van der Waals surface area (Å²) < 4.78 is 10.1. The smallest absolute Gasteiger partial charge is 0.333 e. The van der Waals surface area contributed by atoms with Crippen LogP contribution in [0.25, 0.3) is 6.08 Å². The van der Waals surface area contributed by atoms with Crippen molar-refractivity contribution in [2.45, 2.75) is 37.6 Å². The minimum absolute atomic E-state index is 0.710. The number of carbonyl (C=O) groups is 1. The van der Waals surface area contributed by atoms with E-state index in [1.807, 2.05) is 30.3 Å². The molecule has 0 radical (unpaired) electrons. The van der Waals surface area contributed by atoms with Gasteiger partial charge in [-0.1, -0.05) is 30.3 Å². The topological polar surface area (TPSA) is 96.2 Å². The van der Waals surface area contributed by atoms with Gasteiger partial charge >= 0.3 is 5.97 Å². The van der Waals surface area contributed by atoms with Crippen LogP contribution in [-0.4, -0.2) is 52.0 Å². The molecule has 1 aromatic carbocycles. The maximum absolute atomic E-state index is 11.7. The Balaban J connectivity index is 1.95. The SMILES string of the molecule is C[C@@H]1OC(OC(=O)C=Cc2ccccc2)[C@H](O)[C@H](O)[C@H]1O. The first kappa shape index (κ1) is 15.7. The summed E-state index contributed by atoms with van der Waals surface area (Å²) >= 11 is 0. The van der Waals surface area contributed by atoms with Gasteiger partial charge in [-0.2, -0.15) is 0 Å². The molecular weight excluding hydrogens is 276 g/mol. The lowest BCUT2D eigenvalue weighted by molar-refractivity contribution is -0.283. The number of benzene rings is 1. The monoisotopic (exact) mass is 294 g/mol. The fraction of sp³-hybridized carbons (Fsp3) is 0.400. The van der Waals surface area contributed by atoms with Crippen LogP contribution in [0.3, 0.4) is 0 Å². The van der Waals surface area contributed by atoms with Crippen LogP contribution in [0.1, 0.15) is 12.5 Å². The van der Waals surface area contributed by atoms with Gasteiger partial charge < -0.3 is 24.8 Å². The minimum Gasteiger partial charge on any atom is -0.430 e. The molecule has 1 aliphatic heterocycles. The van der Waals surface area contributed by atoms with Gasteiger partial charge in [-0.15, -0.1) is 0 Å². The molecule has 114 valence electrons. The quantitative estimate of drug-likeness (QED) is 0.539. The van der Waals surface area contributed by atoms with Crippen LogP contribution in [0.4, 0.5) is 0 Å². The third-order valence-electron chi connectivity index (χ3n) is 3.25. The zero-order valence-electron chi connectivity index (χ0n) is 11.5. The van der Waals surface area contributed by atoms with Gasteiger partial charge in [-0.05, 0) is 18.6 Å². The maximum Gasteiger partial charge on any atom is 0.333 e. The molecule has 6 nitrogen and oxygen atoms in total. The third kappa shape index (κ3) is 3.89. The van der Waals surface area contributed by atoms with Gasteiger partial charge in [-0.3, -0.25) is 0 Å². The lowest BCUT2D eigenvalue weighted by Crippen LogP contribution is -2.57.